The van der Waals surface area contributed by atoms with E-state index in [1.807, 2.05) is 75.4 Å². The minimum absolute atomic E-state index is 0.0153. The number of nitrogens with two attached hydrogens (primary N) is 2. The summed E-state index contributed by atoms with van der Waals surface area (Å²) in [5.74, 6) is -0.298. The molecule has 0 radical (unpaired) electrons. The van der Waals surface area contributed by atoms with Crippen LogP contribution in [0.4, 0.5) is 0 Å². The molecule has 39 heavy (non-hydrogen) atoms. The molecule has 1 saturated carbocycles. The number of hydrogen-bond donors (Lipinski definition) is 4. The third-order valence-electron chi connectivity index (χ3n) is 6.80. The lowest BCUT2D eigenvalue weighted by Crippen LogP contribution is -2.56. The van der Waals surface area contributed by atoms with Crippen molar-refractivity contribution in [3.63, 3.8) is 0 Å². The molecule has 1 aliphatic carbocycles. The molecule has 2 amide bonds. The van der Waals surface area contributed by atoms with E-state index < -0.39 is 17.1 Å². The van der Waals surface area contributed by atoms with Gasteiger partial charge in [0.1, 0.15) is 6.04 Å². The van der Waals surface area contributed by atoms with Crippen LogP contribution in [0.25, 0.3) is 4.91 Å². The molecule has 0 aliphatic heterocycles. The minimum atomic E-state index is -0.935. The van der Waals surface area contributed by atoms with E-state index in [-0.39, 0.29) is 25.0 Å². The Morgan fingerprint density at radius 2 is 1.79 bits per heavy atom. The van der Waals surface area contributed by atoms with Gasteiger partial charge in [0.2, 0.25) is 11.8 Å². The van der Waals surface area contributed by atoms with Gasteiger partial charge in [-0.3, -0.25) is 9.59 Å². The zero-order valence-corrected chi connectivity index (χ0v) is 24.4. The summed E-state index contributed by atoms with van der Waals surface area (Å²) >= 11 is 6.54. The second-order valence-electron chi connectivity index (χ2n) is 10.5. The van der Waals surface area contributed by atoms with Crippen molar-refractivity contribution in [1.82, 2.24) is 10.2 Å². The average molecular weight is 575 g/mol. The third kappa shape index (κ3) is 8.54. The zero-order valence-electron chi connectivity index (χ0n) is 22.8. The molecule has 1 atom stereocenters. The van der Waals surface area contributed by atoms with E-state index in [2.05, 4.69) is 5.32 Å². The van der Waals surface area contributed by atoms with E-state index in [0.717, 1.165) is 16.7 Å². The Kier molecular flexibility index (Phi) is 11.0. The maximum atomic E-state index is 13.8. The number of rotatable bonds is 14. The van der Waals surface area contributed by atoms with Crippen LogP contribution >= 0.6 is 23.6 Å². The highest BCUT2D eigenvalue weighted by Crippen LogP contribution is 2.34. The summed E-state index contributed by atoms with van der Waals surface area (Å²) in [6.07, 6.45) is 1.16. The van der Waals surface area contributed by atoms with Crippen LogP contribution < -0.4 is 16.8 Å². The van der Waals surface area contributed by atoms with Crippen LogP contribution in [0.5, 0.6) is 0 Å². The minimum Gasteiger partial charge on any atom is -0.374 e. The molecule has 0 heterocycles. The molecule has 1 unspecified atom stereocenters. The van der Waals surface area contributed by atoms with Crippen LogP contribution in [0.15, 0.2) is 60.2 Å². The summed E-state index contributed by atoms with van der Waals surface area (Å²) in [5.41, 5.74) is 14.2. The predicted octanol–water partition coefficient (Wildman–Crippen LogP) is 4.12. The van der Waals surface area contributed by atoms with Gasteiger partial charge >= 0.3 is 0 Å². The van der Waals surface area contributed by atoms with E-state index in [9.17, 15) is 14.1 Å². The number of hydrogen-bond acceptors (Lipinski definition) is 7. The standard InChI is InChI=1S/C29H39ClN4O4S/c1-4-34(17-23(28(2,3)31)25(39-37)22-12-10-20(16-30)11-13-22)26(35)24(33-27(36)29(32)14-15-29)19-38-18-21-8-6-5-7-9-21/h5-13,24,37H,4,14-19,31-32H2,1-3H3,(H,33,36)/b25-23-. The van der Waals surface area contributed by atoms with Crippen molar-refractivity contribution in [2.45, 2.75) is 63.2 Å². The number of likely N-dealkylation sites (N-methyl/N-ethyl adjacent to an activating group) is 1. The van der Waals surface area contributed by atoms with Gasteiger partial charge in [0.25, 0.3) is 0 Å². The summed E-state index contributed by atoms with van der Waals surface area (Å²) in [7, 11) is 0. The average Bonchev–Trinajstić information content (AvgIpc) is 3.68. The SMILES string of the molecule is CCN(C/C(=C(/SO)c1ccc(CCl)cc1)C(C)(C)N)C(=O)C(COCc1ccccc1)NC(=O)C1(N)CC1. The molecular formula is C29H39ClN4O4S. The third-order valence-corrected chi connectivity index (χ3v) is 7.77. The Balaban J connectivity index is 1.86. The summed E-state index contributed by atoms with van der Waals surface area (Å²) < 4.78 is 16.2. The lowest BCUT2D eigenvalue weighted by Gasteiger charge is -2.33. The van der Waals surface area contributed by atoms with E-state index in [1.165, 1.54) is 0 Å². The lowest BCUT2D eigenvalue weighted by molar-refractivity contribution is -0.138. The topological polar surface area (TPSA) is 131 Å². The van der Waals surface area contributed by atoms with Gasteiger partial charge in [0.15, 0.2) is 0 Å². The molecule has 0 saturated heterocycles. The second kappa shape index (κ2) is 13.8. The van der Waals surface area contributed by atoms with E-state index in [1.54, 1.807) is 4.90 Å². The zero-order chi connectivity index (χ0) is 28.6. The van der Waals surface area contributed by atoms with Crippen LogP contribution in [0, 0.1) is 0 Å². The van der Waals surface area contributed by atoms with Gasteiger partial charge in [0.05, 0.1) is 18.8 Å². The maximum Gasteiger partial charge on any atom is 0.247 e. The summed E-state index contributed by atoms with van der Waals surface area (Å²) in [5, 5.41) is 2.83. The number of alkyl halides is 1. The largest absolute Gasteiger partial charge is 0.374 e. The molecule has 6 N–H and O–H groups in total. The summed E-state index contributed by atoms with van der Waals surface area (Å²) in [6, 6.07) is 16.2. The maximum absolute atomic E-state index is 13.8. The molecule has 1 fully saturated rings. The van der Waals surface area contributed by atoms with Crippen molar-refractivity contribution in [3.05, 3.63) is 76.9 Å². The summed E-state index contributed by atoms with van der Waals surface area (Å²) in [4.78, 5) is 28.8. The fourth-order valence-electron chi connectivity index (χ4n) is 4.06. The second-order valence-corrected chi connectivity index (χ2v) is 11.3. The fraction of sp³-hybridized carbons (Fsp3) is 0.448. The first kappa shape index (κ1) is 31.1. The number of nitrogens with one attached hydrogen (secondary N) is 1. The fourth-order valence-corrected chi connectivity index (χ4v) is 4.92. The molecule has 0 bridgehead atoms. The Morgan fingerprint density at radius 3 is 2.31 bits per heavy atom. The van der Waals surface area contributed by atoms with Gasteiger partial charge in [-0.05, 0) is 55.9 Å². The molecule has 1 aliphatic rings. The Morgan fingerprint density at radius 1 is 1.15 bits per heavy atom. The number of amides is 2. The van der Waals surface area contributed by atoms with Crippen molar-refractivity contribution in [3.8, 4) is 0 Å². The van der Waals surface area contributed by atoms with Gasteiger partial charge in [-0.25, -0.2) is 0 Å². The monoisotopic (exact) mass is 574 g/mol. The highest BCUT2D eigenvalue weighted by Gasteiger charge is 2.47. The Labute approximate surface area is 240 Å². The quantitative estimate of drug-likeness (QED) is 0.197. The van der Waals surface area contributed by atoms with Gasteiger partial charge < -0.3 is 31.0 Å². The molecule has 2 aromatic carbocycles. The number of carbonyl (C=O) groups is 2. The molecule has 212 valence electrons. The normalized spacial score (nSPS) is 15.8. The molecule has 2 aromatic rings. The summed E-state index contributed by atoms with van der Waals surface area (Å²) in [6.45, 7) is 6.30. The molecule has 3 rings (SSSR count). The molecular weight excluding hydrogens is 536 g/mol. The predicted molar refractivity (Wildman–Crippen MR) is 158 cm³/mol. The first-order chi connectivity index (χ1) is 18.5. The lowest BCUT2D eigenvalue weighted by atomic mass is 9.92. The molecule has 8 nitrogen and oxygen atoms in total. The van der Waals surface area contributed by atoms with E-state index in [4.69, 9.17) is 27.8 Å². The number of ether oxygens (including phenoxy) is 1. The van der Waals surface area contributed by atoms with Gasteiger partial charge in [-0.2, -0.15) is 0 Å². The number of halogens is 1. The van der Waals surface area contributed by atoms with Crippen molar-refractivity contribution in [2.24, 2.45) is 11.5 Å². The van der Waals surface area contributed by atoms with Crippen LogP contribution in [-0.2, 0) is 26.8 Å². The molecule has 0 spiro atoms. The van der Waals surface area contributed by atoms with Crippen LogP contribution in [0.3, 0.4) is 0 Å². The number of nitrogens with zero attached hydrogens (tertiary/aromatic N) is 1. The molecule has 10 heteroatoms. The van der Waals surface area contributed by atoms with E-state index in [0.29, 0.717) is 54.4 Å². The Hall–Kier alpha value is -2.40. The molecule has 0 aromatic heterocycles. The van der Waals surface area contributed by atoms with Crippen LogP contribution in [0.1, 0.15) is 50.3 Å². The highest BCUT2D eigenvalue weighted by molar-refractivity contribution is 8.03. The Bertz CT molecular complexity index is 1150. The van der Waals surface area contributed by atoms with Crippen molar-refractivity contribution in [1.29, 1.82) is 0 Å². The van der Waals surface area contributed by atoms with Gasteiger partial charge in [0, 0.05) is 41.5 Å². The van der Waals surface area contributed by atoms with Crippen molar-refractivity contribution >= 4 is 40.4 Å². The first-order valence-electron chi connectivity index (χ1n) is 13.0. The first-order valence-corrected chi connectivity index (χ1v) is 14.3. The van der Waals surface area contributed by atoms with Crippen molar-refractivity contribution < 1.29 is 18.9 Å². The van der Waals surface area contributed by atoms with Gasteiger partial charge in [-0.15, -0.1) is 11.6 Å². The number of benzene rings is 2. The van der Waals surface area contributed by atoms with Gasteiger partial charge in [-0.1, -0.05) is 54.6 Å². The number of carbonyl (C=O) groups excluding carboxylic acids is 2. The van der Waals surface area contributed by atoms with Crippen LogP contribution in [0.2, 0.25) is 0 Å². The van der Waals surface area contributed by atoms with Crippen LogP contribution in [-0.4, -0.2) is 58.1 Å². The van der Waals surface area contributed by atoms with E-state index >= 15 is 0 Å². The smallest absolute Gasteiger partial charge is 0.247 e. The highest BCUT2D eigenvalue weighted by atomic mass is 35.5. The van der Waals surface area contributed by atoms with Crippen molar-refractivity contribution in [2.75, 3.05) is 19.7 Å².